The maximum Gasteiger partial charge on any atom is 0.272 e. The van der Waals surface area contributed by atoms with Crippen molar-refractivity contribution in [2.24, 2.45) is 5.92 Å². The summed E-state index contributed by atoms with van der Waals surface area (Å²) < 4.78 is 0. The lowest BCUT2D eigenvalue weighted by Crippen LogP contribution is -2.67. The first-order chi connectivity index (χ1) is 13.7. The SMILES string of the molecule is CCN(C[C@H]1[C@H](c2ccccc2)[C@@H](CO)N1CC1CC1)C(=O)c1ccccn1. The summed E-state index contributed by atoms with van der Waals surface area (Å²) in [7, 11) is 0. The van der Waals surface area contributed by atoms with Crippen LogP contribution in [0.4, 0.5) is 0 Å². The van der Waals surface area contributed by atoms with E-state index in [0.29, 0.717) is 18.8 Å². The zero-order valence-electron chi connectivity index (χ0n) is 16.4. The van der Waals surface area contributed by atoms with E-state index in [1.165, 1.54) is 18.4 Å². The third kappa shape index (κ3) is 3.82. The highest BCUT2D eigenvalue weighted by Crippen LogP contribution is 2.44. The molecule has 2 aromatic rings. The van der Waals surface area contributed by atoms with E-state index in [-0.39, 0.29) is 30.5 Å². The van der Waals surface area contributed by atoms with Gasteiger partial charge in [-0.3, -0.25) is 14.7 Å². The van der Waals surface area contributed by atoms with Crippen molar-refractivity contribution in [1.82, 2.24) is 14.8 Å². The molecule has 1 amide bonds. The van der Waals surface area contributed by atoms with Crippen LogP contribution in [0.3, 0.4) is 0 Å². The highest BCUT2D eigenvalue weighted by atomic mass is 16.3. The van der Waals surface area contributed by atoms with E-state index >= 15 is 0 Å². The first-order valence-corrected chi connectivity index (χ1v) is 10.3. The lowest BCUT2D eigenvalue weighted by Gasteiger charge is -2.56. The fourth-order valence-corrected chi connectivity index (χ4v) is 4.47. The van der Waals surface area contributed by atoms with Crippen LogP contribution in [0.25, 0.3) is 0 Å². The highest BCUT2D eigenvalue weighted by Gasteiger charge is 2.50. The Morgan fingerprint density at radius 3 is 2.50 bits per heavy atom. The van der Waals surface area contributed by atoms with Crippen LogP contribution in [0.2, 0.25) is 0 Å². The molecule has 0 unspecified atom stereocenters. The summed E-state index contributed by atoms with van der Waals surface area (Å²) in [5, 5.41) is 10.1. The van der Waals surface area contributed by atoms with Gasteiger partial charge in [0.15, 0.2) is 0 Å². The number of carbonyl (C=O) groups excluding carboxylic acids is 1. The van der Waals surface area contributed by atoms with Crippen LogP contribution in [0, 0.1) is 5.92 Å². The Morgan fingerprint density at radius 2 is 1.89 bits per heavy atom. The molecule has 1 aromatic carbocycles. The van der Waals surface area contributed by atoms with E-state index < -0.39 is 0 Å². The third-order valence-corrected chi connectivity index (χ3v) is 6.18. The van der Waals surface area contributed by atoms with Gasteiger partial charge in [-0.15, -0.1) is 0 Å². The zero-order chi connectivity index (χ0) is 19.5. The molecule has 28 heavy (non-hydrogen) atoms. The molecule has 1 saturated heterocycles. The van der Waals surface area contributed by atoms with Crippen molar-refractivity contribution in [3.8, 4) is 0 Å². The first kappa shape index (κ1) is 19.1. The van der Waals surface area contributed by atoms with E-state index in [2.05, 4.69) is 34.1 Å². The molecule has 148 valence electrons. The summed E-state index contributed by atoms with van der Waals surface area (Å²) >= 11 is 0. The zero-order valence-corrected chi connectivity index (χ0v) is 16.4. The van der Waals surface area contributed by atoms with Gasteiger partial charge in [0.2, 0.25) is 0 Å². The van der Waals surface area contributed by atoms with Crippen molar-refractivity contribution in [1.29, 1.82) is 0 Å². The Kier molecular flexibility index (Phi) is 5.74. The van der Waals surface area contributed by atoms with Crippen LogP contribution in [-0.4, -0.2) is 64.1 Å². The molecule has 2 aliphatic rings. The molecule has 5 nitrogen and oxygen atoms in total. The molecule has 1 aliphatic heterocycles. The summed E-state index contributed by atoms with van der Waals surface area (Å²) in [6.45, 7) is 4.51. The second kappa shape index (κ2) is 8.41. The Morgan fingerprint density at radius 1 is 1.14 bits per heavy atom. The van der Waals surface area contributed by atoms with Gasteiger partial charge in [-0.1, -0.05) is 36.4 Å². The van der Waals surface area contributed by atoms with Gasteiger partial charge in [-0.05, 0) is 43.4 Å². The Bertz CT molecular complexity index is 779. The number of amides is 1. The van der Waals surface area contributed by atoms with Crippen LogP contribution < -0.4 is 0 Å². The van der Waals surface area contributed by atoms with E-state index in [0.717, 1.165) is 12.5 Å². The average Bonchev–Trinajstić information content (AvgIpc) is 3.56. The molecular formula is C23H29N3O2. The summed E-state index contributed by atoms with van der Waals surface area (Å²) in [6.07, 6.45) is 4.22. The molecule has 0 spiro atoms. The molecule has 0 radical (unpaired) electrons. The molecule has 1 saturated carbocycles. The average molecular weight is 380 g/mol. The molecule has 5 heteroatoms. The first-order valence-electron chi connectivity index (χ1n) is 10.3. The maximum atomic E-state index is 13.0. The van der Waals surface area contributed by atoms with Crippen molar-refractivity contribution in [2.45, 2.75) is 37.8 Å². The number of pyridine rings is 1. The smallest absolute Gasteiger partial charge is 0.272 e. The van der Waals surface area contributed by atoms with Crippen molar-refractivity contribution in [2.75, 3.05) is 26.2 Å². The minimum atomic E-state index is -0.0197. The van der Waals surface area contributed by atoms with Crippen molar-refractivity contribution >= 4 is 5.91 Å². The quantitative estimate of drug-likeness (QED) is 0.766. The molecule has 1 aliphatic carbocycles. The van der Waals surface area contributed by atoms with Crippen LogP contribution in [0.1, 0.15) is 41.7 Å². The van der Waals surface area contributed by atoms with Crippen LogP contribution >= 0.6 is 0 Å². The Hall–Kier alpha value is -2.24. The Balaban J connectivity index is 1.56. The van der Waals surface area contributed by atoms with E-state index in [1.54, 1.807) is 12.3 Å². The third-order valence-electron chi connectivity index (χ3n) is 6.18. The monoisotopic (exact) mass is 379 g/mol. The lowest BCUT2D eigenvalue weighted by atomic mass is 9.74. The second-order valence-electron chi connectivity index (χ2n) is 7.95. The number of hydrogen-bond acceptors (Lipinski definition) is 4. The van der Waals surface area contributed by atoms with Crippen LogP contribution in [0.5, 0.6) is 0 Å². The number of carbonyl (C=O) groups is 1. The van der Waals surface area contributed by atoms with Crippen molar-refractivity contribution < 1.29 is 9.90 Å². The van der Waals surface area contributed by atoms with Gasteiger partial charge in [-0.25, -0.2) is 0 Å². The lowest BCUT2D eigenvalue weighted by molar-refractivity contribution is -0.0561. The number of aliphatic hydroxyl groups excluding tert-OH is 1. The number of likely N-dealkylation sites (N-methyl/N-ethyl adjacent to an activating group) is 1. The minimum absolute atomic E-state index is 0.0197. The Labute approximate surface area is 167 Å². The van der Waals surface area contributed by atoms with Gasteiger partial charge >= 0.3 is 0 Å². The summed E-state index contributed by atoms with van der Waals surface area (Å²) in [6, 6.07) is 16.2. The van der Waals surface area contributed by atoms with E-state index in [1.807, 2.05) is 30.0 Å². The van der Waals surface area contributed by atoms with Gasteiger partial charge < -0.3 is 10.0 Å². The molecule has 0 bridgehead atoms. The normalized spacial score (nSPS) is 24.6. The minimum Gasteiger partial charge on any atom is -0.395 e. The summed E-state index contributed by atoms with van der Waals surface area (Å²) in [5.41, 5.74) is 1.74. The highest BCUT2D eigenvalue weighted by molar-refractivity contribution is 5.92. The number of likely N-dealkylation sites (tertiary alicyclic amines) is 1. The molecule has 1 aromatic heterocycles. The van der Waals surface area contributed by atoms with Gasteiger partial charge in [0.1, 0.15) is 5.69 Å². The van der Waals surface area contributed by atoms with Gasteiger partial charge in [0, 0.05) is 43.8 Å². The number of rotatable bonds is 8. The second-order valence-corrected chi connectivity index (χ2v) is 7.95. The standard InChI is InChI=1S/C23H29N3O2/c1-2-25(23(28)19-10-6-7-13-24-19)15-20-22(18-8-4-3-5-9-18)21(16-27)26(20)14-17-11-12-17/h3-10,13,17,20-22,27H,2,11-12,14-16H2,1H3/t20-,21+,22-/m0/s1. The topological polar surface area (TPSA) is 56.7 Å². The molecule has 4 rings (SSSR count). The number of benzene rings is 1. The molecule has 2 fully saturated rings. The largest absolute Gasteiger partial charge is 0.395 e. The number of hydrogen-bond donors (Lipinski definition) is 1. The maximum absolute atomic E-state index is 13.0. The molecule has 3 atom stereocenters. The fourth-order valence-electron chi connectivity index (χ4n) is 4.47. The molecule has 1 N–H and O–H groups in total. The summed E-state index contributed by atoms with van der Waals surface area (Å²) in [5.74, 6) is 0.971. The van der Waals surface area contributed by atoms with Gasteiger partial charge in [-0.2, -0.15) is 0 Å². The van der Waals surface area contributed by atoms with Crippen LogP contribution in [-0.2, 0) is 0 Å². The molecule has 2 heterocycles. The van der Waals surface area contributed by atoms with Gasteiger partial charge in [0.05, 0.1) is 6.61 Å². The number of aliphatic hydroxyl groups is 1. The summed E-state index contributed by atoms with van der Waals surface area (Å²) in [4.78, 5) is 21.6. The van der Waals surface area contributed by atoms with Crippen molar-refractivity contribution in [3.63, 3.8) is 0 Å². The number of aromatic nitrogens is 1. The van der Waals surface area contributed by atoms with Gasteiger partial charge in [0.25, 0.3) is 5.91 Å². The van der Waals surface area contributed by atoms with E-state index in [9.17, 15) is 9.90 Å². The fraction of sp³-hybridized carbons (Fsp3) is 0.478. The molecular weight excluding hydrogens is 350 g/mol. The van der Waals surface area contributed by atoms with Crippen LogP contribution in [0.15, 0.2) is 54.7 Å². The number of nitrogens with zero attached hydrogens (tertiary/aromatic N) is 3. The van der Waals surface area contributed by atoms with Crippen molar-refractivity contribution in [3.05, 3.63) is 66.0 Å². The predicted molar refractivity (Wildman–Crippen MR) is 109 cm³/mol. The predicted octanol–water partition coefficient (Wildman–Crippen LogP) is 2.78. The van der Waals surface area contributed by atoms with E-state index in [4.69, 9.17) is 0 Å².